The molecule has 4 aromatic rings. The second kappa shape index (κ2) is 13.1. The fourth-order valence-corrected chi connectivity index (χ4v) is 9.43. The van der Waals surface area contributed by atoms with Crippen LogP contribution in [0.4, 0.5) is 0 Å². The van der Waals surface area contributed by atoms with Crippen molar-refractivity contribution in [3.63, 3.8) is 0 Å². The van der Waals surface area contributed by atoms with E-state index in [-0.39, 0.29) is 10.9 Å². The second-order valence-corrected chi connectivity index (χ2v) is 14.4. The molecule has 0 heterocycles. The highest BCUT2D eigenvalue weighted by molar-refractivity contribution is 6.81. The summed E-state index contributed by atoms with van der Waals surface area (Å²) in [6, 6.07) is 43.5. The zero-order valence-corrected chi connectivity index (χ0v) is 25.7. The van der Waals surface area contributed by atoms with Gasteiger partial charge in [-0.15, -0.1) is 0 Å². The normalized spacial score (nSPS) is 13.8. The Kier molecular flexibility index (Phi) is 10.3. The van der Waals surface area contributed by atoms with E-state index in [9.17, 15) is 0 Å². The number of rotatable bonds is 12. The van der Waals surface area contributed by atoms with Gasteiger partial charge in [-0.2, -0.15) is 0 Å². The Balaban J connectivity index is 0.00000441. The number of hydrogen-bond acceptors (Lipinski definition) is 3. The van der Waals surface area contributed by atoms with Crippen LogP contribution in [0.25, 0.3) is 0 Å². The minimum atomic E-state index is -2.91. The fourth-order valence-electron chi connectivity index (χ4n) is 6.27. The molecule has 0 saturated carbocycles. The SMILES string of the molecule is COC(C)(c1ccccc1)C(C)(C)CC(C[Si](OC)(OC)c1ccccc1)(c1ccccc1)c1ccccc1.O. The molecular weight excluding hydrogens is 512 g/mol. The molecule has 0 aromatic heterocycles. The highest BCUT2D eigenvalue weighted by Crippen LogP contribution is 2.54. The van der Waals surface area contributed by atoms with Crippen molar-refractivity contribution >= 4 is 13.7 Å². The van der Waals surface area contributed by atoms with Crippen LogP contribution in [0.2, 0.25) is 6.04 Å². The van der Waals surface area contributed by atoms with Crippen LogP contribution in [0.15, 0.2) is 121 Å². The van der Waals surface area contributed by atoms with Gasteiger partial charge in [0, 0.05) is 32.8 Å². The molecule has 0 fully saturated rings. The molecule has 2 N–H and O–H groups in total. The fraction of sp³-hybridized carbons (Fsp3) is 0.314. The van der Waals surface area contributed by atoms with Gasteiger partial charge in [0.2, 0.25) is 0 Å². The molecule has 0 aliphatic carbocycles. The largest absolute Gasteiger partial charge is 0.412 e. The summed E-state index contributed by atoms with van der Waals surface area (Å²) in [5.41, 5.74) is 2.40. The Morgan fingerprint density at radius 3 is 1.30 bits per heavy atom. The van der Waals surface area contributed by atoms with Gasteiger partial charge >= 0.3 is 8.56 Å². The van der Waals surface area contributed by atoms with Crippen LogP contribution >= 0.6 is 0 Å². The van der Waals surface area contributed by atoms with Crippen molar-refractivity contribution in [1.29, 1.82) is 0 Å². The number of hydrogen-bond donors (Lipinski definition) is 0. The lowest BCUT2D eigenvalue weighted by Gasteiger charge is -2.51. The summed E-state index contributed by atoms with van der Waals surface area (Å²) >= 11 is 0. The molecule has 0 radical (unpaired) electrons. The van der Waals surface area contributed by atoms with E-state index in [4.69, 9.17) is 13.6 Å². The average Bonchev–Trinajstić information content (AvgIpc) is 3.00. The molecule has 1 atom stereocenters. The Hall–Kier alpha value is -3.06. The van der Waals surface area contributed by atoms with Gasteiger partial charge in [-0.05, 0) is 40.6 Å². The summed E-state index contributed by atoms with van der Waals surface area (Å²) in [5, 5.41) is 1.13. The average molecular weight is 557 g/mol. The van der Waals surface area contributed by atoms with Crippen molar-refractivity contribution in [2.75, 3.05) is 21.3 Å². The zero-order chi connectivity index (χ0) is 28.0. The number of methoxy groups -OCH3 is 1. The molecule has 0 bridgehead atoms. The van der Waals surface area contributed by atoms with E-state index in [1.807, 2.05) is 13.2 Å². The van der Waals surface area contributed by atoms with E-state index in [1.54, 1.807) is 14.2 Å². The molecule has 1 unspecified atom stereocenters. The molecule has 0 aliphatic heterocycles. The van der Waals surface area contributed by atoms with E-state index in [0.29, 0.717) is 6.04 Å². The van der Waals surface area contributed by atoms with Crippen molar-refractivity contribution in [1.82, 2.24) is 0 Å². The van der Waals surface area contributed by atoms with Crippen LogP contribution in [-0.4, -0.2) is 35.4 Å². The summed E-state index contributed by atoms with van der Waals surface area (Å²) in [6.07, 6.45) is 0.807. The molecule has 0 amide bonds. The maximum Gasteiger partial charge on any atom is 0.373 e. The molecule has 0 spiro atoms. The minimum absolute atomic E-state index is 0. The third-order valence-corrected chi connectivity index (χ3v) is 12.4. The molecule has 212 valence electrons. The first-order valence-corrected chi connectivity index (χ1v) is 15.7. The van der Waals surface area contributed by atoms with Crippen LogP contribution in [-0.2, 0) is 24.6 Å². The summed E-state index contributed by atoms with van der Waals surface area (Å²) < 4.78 is 19.4. The van der Waals surface area contributed by atoms with E-state index >= 15 is 0 Å². The Morgan fingerprint density at radius 2 is 0.925 bits per heavy atom. The van der Waals surface area contributed by atoms with Crippen LogP contribution in [0.3, 0.4) is 0 Å². The first-order chi connectivity index (χ1) is 18.8. The van der Waals surface area contributed by atoms with Crippen molar-refractivity contribution in [2.24, 2.45) is 5.41 Å². The Labute approximate surface area is 241 Å². The molecule has 0 aliphatic rings. The molecule has 40 heavy (non-hydrogen) atoms. The van der Waals surface area contributed by atoms with Crippen LogP contribution < -0.4 is 5.19 Å². The van der Waals surface area contributed by atoms with Gasteiger partial charge < -0.3 is 19.1 Å². The quantitative estimate of drug-likeness (QED) is 0.181. The summed E-state index contributed by atoms with van der Waals surface area (Å²) in [7, 11) is 2.53. The van der Waals surface area contributed by atoms with Gasteiger partial charge in [0.1, 0.15) is 0 Å². The summed E-state index contributed by atoms with van der Waals surface area (Å²) in [6.45, 7) is 6.88. The molecule has 4 rings (SSSR count). The van der Waals surface area contributed by atoms with E-state index in [0.717, 1.165) is 17.2 Å². The van der Waals surface area contributed by atoms with Gasteiger partial charge in [-0.3, -0.25) is 0 Å². The maximum absolute atomic E-state index is 6.47. The predicted molar refractivity (Wildman–Crippen MR) is 167 cm³/mol. The molecular formula is C35H44O4Si. The van der Waals surface area contributed by atoms with E-state index in [1.165, 1.54) is 11.1 Å². The maximum atomic E-state index is 6.47. The molecule has 0 saturated heterocycles. The first-order valence-electron chi connectivity index (χ1n) is 13.6. The molecule has 4 aromatic carbocycles. The van der Waals surface area contributed by atoms with E-state index < -0.39 is 19.6 Å². The lowest BCUT2D eigenvalue weighted by Crippen LogP contribution is -2.58. The van der Waals surface area contributed by atoms with Crippen LogP contribution in [0.5, 0.6) is 0 Å². The van der Waals surface area contributed by atoms with Crippen LogP contribution in [0.1, 0.15) is 43.9 Å². The first kappa shape index (κ1) is 31.5. The minimum Gasteiger partial charge on any atom is -0.412 e. The zero-order valence-electron chi connectivity index (χ0n) is 24.7. The highest BCUT2D eigenvalue weighted by Gasteiger charge is 2.54. The topological polar surface area (TPSA) is 59.2 Å². The second-order valence-electron chi connectivity index (χ2n) is 11.2. The van der Waals surface area contributed by atoms with Crippen molar-refractivity contribution in [3.05, 3.63) is 138 Å². The highest BCUT2D eigenvalue weighted by atomic mass is 28.4. The van der Waals surface area contributed by atoms with Gasteiger partial charge in [0.25, 0.3) is 0 Å². The molecule has 4 nitrogen and oxygen atoms in total. The Bertz CT molecular complexity index is 1250. The summed E-state index contributed by atoms with van der Waals surface area (Å²) in [5.74, 6) is 0. The third-order valence-electron chi connectivity index (χ3n) is 8.83. The lowest BCUT2D eigenvalue weighted by molar-refractivity contribution is -0.102. The predicted octanol–water partition coefficient (Wildman–Crippen LogP) is 6.77. The third kappa shape index (κ3) is 5.85. The Morgan fingerprint density at radius 1 is 0.550 bits per heavy atom. The van der Waals surface area contributed by atoms with Gasteiger partial charge in [-0.25, -0.2) is 0 Å². The van der Waals surface area contributed by atoms with Gasteiger partial charge in [-0.1, -0.05) is 135 Å². The standard InChI is InChI=1S/C35H42O3Si.H2O/c1-33(2,34(3,36-4)29-19-11-7-12-20-29)27-35(30-21-13-8-14-22-30,31-23-15-9-16-24-31)28-39(37-5,38-6)32-25-17-10-18-26-32;/h7-26H,27-28H2,1-6H3;1H2. The summed E-state index contributed by atoms with van der Waals surface area (Å²) in [4.78, 5) is 0. The van der Waals surface area contributed by atoms with Crippen molar-refractivity contribution in [3.8, 4) is 0 Å². The van der Waals surface area contributed by atoms with Gasteiger partial charge in [0.05, 0.1) is 5.60 Å². The number of benzene rings is 4. The lowest BCUT2D eigenvalue weighted by atomic mass is 9.60. The van der Waals surface area contributed by atoms with Crippen molar-refractivity contribution in [2.45, 2.75) is 44.3 Å². The van der Waals surface area contributed by atoms with Crippen LogP contribution in [0, 0.1) is 5.41 Å². The van der Waals surface area contributed by atoms with Gasteiger partial charge in [0.15, 0.2) is 0 Å². The smallest absolute Gasteiger partial charge is 0.373 e. The number of ether oxygens (including phenoxy) is 1. The monoisotopic (exact) mass is 556 g/mol. The van der Waals surface area contributed by atoms with Crippen molar-refractivity contribution < 1.29 is 19.1 Å². The van der Waals surface area contributed by atoms with E-state index in [2.05, 4.69) is 136 Å². The molecule has 5 heteroatoms.